The normalized spacial score (nSPS) is 12.5. The largest absolute Gasteiger partial charge is 0.481 e. The zero-order valence-electron chi connectivity index (χ0n) is 25.1. The number of carboxylic acid groups (broad SMARTS) is 1. The molecule has 3 aromatic rings. The summed E-state index contributed by atoms with van der Waals surface area (Å²) in [4.78, 5) is 14.3. The lowest BCUT2D eigenvalue weighted by Gasteiger charge is -2.26. The minimum absolute atomic E-state index is 0.147. The average molecular weight is 534 g/mol. The number of carbonyl (C=O) groups is 1. The zero-order valence-corrected chi connectivity index (χ0v) is 25.1. The number of hydrogen-bond acceptors (Lipinski definition) is 2. The molecule has 0 aliphatic carbocycles. The molecule has 0 fully saturated rings. The number of aryl methyl sites for hydroxylation is 2. The van der Waals surface area contributed by atoms with Crippen molar-refractivity contribution in [3.05, 3.63) is 105 Å². The Morgan fingerprint density at radius 3 is 2.23 bits per heavy atom. The van der Waals surface area contributed by atoms with Crippen LogP contribution in [0.5, 0.6) is 0 Å². The summed E-state index contributed by atoms with van der Waals surface area (Å²) in [5.41, 5.74) is 7.30. The number of aliphatic carboxylic acids is 1. The second kappa shape index (κ2) is 16.2. The topological polar surface area (TPSA) is 40.5 Å². The van der Waals surface area contributed by atoms with Crippen molar-refractivity contribution in [1.29, 1.82) is 0 Å². The van der Waals surface area contributed by atoms with E-state index in [0.29, 0.717) is 11.5 Å². The Bertz CT molecular complexity index is 1190. The number of halogens is 1. The van der Waals surface area contributed by atoms with Crippen molar-refractivity contribution in [3.63, 3.8) is 0 Å². The molecule has 0 aliphatic rings. The van der Waals surface area contributed by atoms with Gasteiger partial charge in [-0.2, -0.15) is 0 Å². The first-order valence-electron chi connectivity index (χ1n) is 14.7. The van der Waals surface area contributed by atoms with E-state index in [9.17, 15) is 9.90 Å². The highest BCUT2D eigenvalue weighted by molar-refractivity contribution is 5.69. The molecule has 39 heavy (non-hydrogen) atoms. The van der Waals surface area contributed by atoms with Crippen molar-refractivity contribution in [3.8, 4) is 0 Å². The van der Waals surface area contributed by atoms with Gasteiger partial charge in [-0.25, -0.2) is 4.39 Å². The third-order valence-corrected chi connectivity index (χ3v) is 7.53. The quantitative estimate of drug-likeness (QED) is 0.238. The van der Waals surface area contributed by atoms with Crippen LogP contribution in [0.4, 0.5) is 4.39 Å². The molecule has 0 radical (unpaired) electrons. The van der Waals surface area contributed by atoms with Crippen LogP contribution in [0.15, 0.2) is 60.7 Å². The Labute approximate surface area is 236 Å². The average Bonchev–Trinajstić information content (AvgIpc) is 2.94. The highest BCUT2D eigenvalue weighted by Gasteiger charge is 2.23. The van der Waals surface area contributed by atoms with E-state index >= 15 is 4.39 Å². The van der Waals surface area contributed by atoms with Crippen LogP contribution in [-0.2, 0) is 24.3 Å². The van der Waals surface area contributed by atoms with Crippen LogP contribution in [0.2, 0.25) is 0 Å². The molecule has 0 spiro atoms. The third kappa shape index (κ3) is 9.03. The Kier molecular flexibility index (Phi) is 13.4. The summed E-state index contributed by atoms with van der Waals surface area (Å²) in [6.07, 6.45) is 2.74. The fraction of sp³-hybridized carbons (Fsp3) is 0.457. The van der Waals surface area contributed by atoms with Gasteiger partial charge in [-0.1, -0.05) is 96.1 Å². The highest BCUT2D eigenvalue weighted by atomic mass is 19.1. The van der Waals surface area contributed by atoms with E-state index in [4.69, 9.17) is 0 Å². The second-order valence-corrected chi connectivity index (χ2v) is 10.3. The van der Waals surface area contributed by atoms with E-state index in [1.807, 2.05) is 32.9 Å². The van der Waals surface area contributed by atoms with Gasteiger partial charge in [-0.05, 0) is 83.7 Å². The molecule has 0 amide bonds. The summed E-state index contributed by atoms with van der Waals surface area (Å²) in [5, 5.41) is 9.66. The molecule has 3 aromatic carbocycles. The lowest BCUT2D eigenvalue weighted by Crippen LogP contribution is -2.25. The Morgan fingerprint density at radius 2 is 1.62 bits per heavy atom. The molecule has 4 heteroatoms. The van der Waals surface area contributed by atoms with Gasteiger partial charge in [-0.15, -0.1) is 0 Å². The summed E-state index contributed by atoms with van der Waals surface area (Å²) >= 11 is 0. The Morgan fingerprint density at radius 1 is 0.923 bits per heavy atom. The summed E-state index contributed by atoms with van der Waals surface area (Å²) in [6, 6.07) is 20.0. The Balaban J connectivity index is 0.00000260. The van der Waals surface area contributed by atoms with Crippen LogP contribution in [0.3, 0.4) is 0 Å². The maximum Gasteiger partial charge on any atom is 0.304 e. The standard InChI is InChI=1S/C33H42FNO2.C2H6/c1-6-17-35(21-27-11-9-10-12-29(27)23(4)7-2)22-28-19-26(15-13-24(28)5)31(20-33(36)37)30-16-14-25(8-3)18-32(30)34;1-2/h9-16,18-19,23,31H,6-8,17,20-22H2,1-5H3,(H,36,37);1-2H3. The molecule has 2 atom stereocenters. The van der Waals surface area contributed by atoms with E-state index in [1.165, 1.54) is 17.2 Å². The Hall–Kier alpha value is -2.98. The van der Waals surface area contributed by atoms with Crippen LogP contribution < -0.4 is 0 Å². The van der Waals surface area contributed by atoms with Crippen LogP contribution in [-0.4, -0.2) is 22.5 Å². The van der Waals surface area contributed by atoms with Gasteiger partial charge in [-0.3, -0.25) is 9.69 Å². The SMILES string of the molecule is CC.CCCN(Cc1cc(C(CC(=O)O)c2ccc(CC)cc2F)ccc1C)Cc1ccccc1C(C)CC. The van der Waals surface area contributed by atoms with E-state index in [2.05, 4.69) is 69.0 Å². The fourth-order valence-corrected chi connectivity index (χ4v) is 5.12. The summed E-state index contributed by atoms with van der Waals surface area (Å²) < 4.78 is 15.1. The third-order valence-electron chi connectivity index (χ3n) is 7.53. The van der Waals surface area contributed by atoms with Crippen molar-refractivity contribution < 1.29 is 14.3 Å². The molecule has 1 N–H and O–H groups in total. The van der Waals surface area contributed by atoms with Gasteiger partial charge >= 0.3 is 5.97 Å². The lowest BCUT2D eigenvalue weighted by atomic mass is 9.86. The molecule has 3 nitrogen and oxygen atoms in total. The van der Waals surface area contributed by atoms with Crippen LogP contribution in [0.25, 0.3) is 0 Å². The molecule has 0 saturated heterocycles. The molecule has 3 rings (SSSR count). The zero-order chi connectivity index (χ0) is 28.9. The van der Waals surface area contributed by atoms with Gasteiger partial charge in [0.1, 0.15) is 5.82 Å². The molecular formula is C35H48FNO2. The predicted molar refractivity (Wildman–Crippen MR) is 162 cm³/mol. The number of rotatable bonds is 13. The van der Waals surface area contributed by atoms with Crippen molar-refractivity contribution in [2.75, 3.05) is 6.54 Å². The molecule has 212 valence electrons. The smallest absolute Gasteiger partial charge is 0.304 e. The first kappa shape index (κ1) is 32.2. The molecule has 0 heterocycles. The van der Waals surface area contributed by atoms with Gasteiger partial charge < -0.3 is 5.11 Å². The second-order valence-electron chi connectivity index (χ2n) is 10.3. The number of benzene rings is 3. The van der Waals surface area contributed by atoms with Gasteiger partial charge in [0, 0.05) is 19.0 Å². The van der Waals surface area contributed by atoms with Crippen LogP contribution in [0, 0.1) is 12.7 Å². The molecule has 0 aromatic heterocycles. The van der Waals surface area contributed by atoms with Crippen molar-refractivity contribution >= 4 is 5.97 Å². The maximum absolute atomic E-state index is 15.1. The molecule has 0 saturated carbocycles. The first-order chi connectivity index (χ1) is 18.8. The number of hydrogen-bond donors (Lipinski definition) is 1. The van der Waals surface area contributed by atoms with Gasteiger partial charge in [0.25, 0.3) is 0 Å². The van der Waals surface area contributed by atoms with Gasteiger partial charge in [0.05, 0.1) is 6.42 Å². The van der Waals surface area contributed by atoms with Crippen LogP contribution in [0.1, 0.15) is 112 Å². The van der Waals surface area contributed by atoms with Crippen LogP contribution >= 0.6 is 0 Å². The summed E-state index contributed by atoms with van der Waals surface area (Å²) in [5.74, 6) is -1.29. The first-order valence-corrected chi connectivity index (χ1v) is 14.7. The maximum atomic E-state index is 15.1. The fourth-order valence-electron chi connectivity index (χ4n) is 5.12. The van der Waals surface area contributed by atoms with E-state index in [-0.39, 0.29) is 12.2 Å². The summed E-state index contributed by atoms with van der Waals surface area (Å²) in [6.45, 7) is 17.4. The molecule has 0 aliphatic heterocycles. The molecule has 2 unspecified atom stereocenters. The predicted octanol–water partition coefficient (Wildman–Crippen LogP) is 9.26. The van der Waals surface area contributed by atoms with E-state index < -0.39 is 11.9 Å². The van der Waals surface area contributed by atoms with Crippen molar-refractivity contribution in [2.24, 2.45) is 0 Å². The van der Waals surface area contributed by atoms with Crippen molar-refractivity contribution in [2.45, 2.75) is 99.1 Å². The number of carboxylic acids is 1. The van der Waals surface area contributed by atoms with E-state index in [1.54, 1.807) is 6.07 Å². The molecule has 0 bridgehead atoms. The monoisotopic (exact) mass is 533 g/mol. The van der Waals surface area contributed by atoms with Gasteiger partial charge in [0.15, 0.2) is 0 Å². The minimum atomic E-state index is -0.930. The van der Waals surface area contributed by atoms with Crippen molar-refractivity contribution in [1.82, 2.24) is 4.90 Å². The van der Waals surface area contributed by atoms with Gasteiger partial charge in [0.2, 0.25) is 0 Å². The summed E-state index contributed by atoms with van der Waals surface area (Å²) in [7, 11) is 0. The highest BCUT2D eigenvalue weighted by Crippen LogP contribution is 2.32. The lowest BCUT2D eigenvalue weighted by molar-refractivity contribution is -0.137. The molecular weight excluding hydrogens is 485 g/mol. The minimum Gasteiger partial charge on any atom is -0.481 e. The number of nitrogens with zero attached hydrogens (tertiary/aromatic N) is 1. The van der Waals surface area contributed by atoms with E-state index in [0.717, 1.165) is 61.2 Å².